The van der Waals surface area contributed by atoms with Crippen LogP contribution in [0.15, 0.2) is 48.5 Å². The zero-order chi connectivity index (χ0) is 14.7. The SMILES string of the molecule is Cn1nnnc1Oc1ccc(-c2ccc(CN)cc2)cc1. The average Bonchev–Trinajstić information content (AvgIpc) is 2.93. The second kappa shape index (κ2) is 5.72. The zero-order valence-corrected chi connectivity index (χ0v) is 11.6. The number of ether oxygens (including phenoxy) is 1. The number of tetrazole rings is 1. The summed E-state index contributed by atoms with van der Waals surface area (Å²) < 4.78 is 7.06. The van der Waals surface area contributed by atoms with Crippen LogP contribution in [0.3, 0.4) is 0 Å². The number of aryl methyl sites for hydroxylation is 1. The first kappa shape index (κ1) is 13.3. The number of hydrogen-bond donors (Lipinski definition) is 1. The lowest BCUT2D eigenvalue weighted by atomic mass is 10.0. The van der Waals surface area contributed by atoms with Gasteiger partial charge in [0, 0.05) is 13.6 Å². The smallest absolute Gasteiger partial charge is 0.340 e. The van der Waals surface area contributed by atoms with Crippen molar-refractivity contribution in [1.82, 2.24) is 20.2 Å². The first-order valence-electron chi connectivity index (χ1n) is 6.56. The molecule has 0 bridgehead atoms. The van der Waals surface area contributed by atoms with Gasteiger partial charge in [0.25, 0.3) is 0 Å². The maximum absolute atomic E-state index is 5.60. The van der Waals surface area contributed by atoms with E-state index >= 15 is 0 Å². The molecule has 0 amide bonds. The van der Waals surface area contributed by atoms with Gasteiger partial charge in [-0.05, 0) is 39.2 Å². The lowest BCUT2D eigenvalue weighted by Gasteiger charge is -2.06. The van der Waals surface area contributed by atoms with Crippen molar-refractivity contribution in [2.75, 3.05) is 0 Å². The normalized spacial score (nSPS) is 10.6. The predicted molar refractivity (Wildman–Crippen MR) is 78.6 cm³/mol. The van der Waals surface area contributed by atoms with Crippen molar-refractivity contribution < 1.29 is 4.74 Å². The van der Waals surface area contributed by atoms with E-state index in [1.165, 1.54) is 4.68 Å². The number of rotatable bonds is 4. The summed E-state index contributed by atoms with van der Waals surface area (Å²) in [7, 11) is 1.72. The van der Waals surface area contributed by atoms with Crippen molar-refractivity contribution in [3.05, 3.63) is 54.1 Å². The highest BCUT2D eigenvalue weighted by molar-refractivity contribution is 5.64. The van der Waals surface area contributed by atoms with Crippen LogP contribution in [-0.4, -0.2) is 20.2 Å². The van der Waals surface area contributed by atoms with Gasteiger partial charge >= 0.3 is 6.01 Å². The quantitative estimate of drug-likeness (QED) is 0.792. The van der Waals surface area contributed by atoms with Crippen molar-refractivity contribution in [3.8, 4) is 22.9 Å². The third-order valence-electron chi connectivity index (χ3n) is 3.17. The Hall–Kier alpha value is -2.73. The molecule has 21 heavy (non-hydrogen) atoms. The third kappa shape index (κ3) is 2.90. The van der Waals surface area contributed by atoms with Crippen LogP contribution in [0.25, 0.3) is 11.1 Å². The monoisotopic (exact) mass is 281 g/mol. The Kier molecular flexibility index (Phi) is 3.61. The van der Waals surface area contributed by atoms with Crippen molar-refractivity contribution in [3.63, 3.8) is 0 Å². The highest BCUT2D eigenvalue weighted by atomic mass is 16.5. The second-order valence-corrected chi connectivity index (χ2v) is 4.61. The Morgan fingerprint density at radius 2 is 1.62 bits per heavy atom. The van der Waals surface area contributed by atoms with Gasteiger partial charge in [0.1, 0.15) is 5.75 Å². The van der Waals surface area contributed by atoms with Crippen LogP contribution in [0.1, 0.15) is 5.56 Å². The molecule has 106 valence electrons. The van der Waals surface area contributed by atoms with Gasteiger partial charge in [0.05, 0.1) is 0 Å². The topological polar surface area (TPSA) is 78.8 Å². The molecule has 0 aliphatic carbocycles. The zero-order valence-electron chi connectivity index (χ0n) is 11.6. The van der Waals surface area contributed by atoms with E-state index in [0.717, 1.165) is 16.7 Å². The Morgan fingerprint density at radius 1 is 1.00 bits per heavy atom. The van der Waals surface area contributed by atoms with E-state index < -0.39 is 0 Å². The molecule has 3 rings (SSSR count). The minimum absolute atomic E-state index is 0.357. The molecular weight excluding hydrogens is 266 g/mol. The molecule has 0 saturated carbocycles. The fraction of sp³-hybridized carbons (Fsp3) is 0.133. The Bertz CT molecular complexity index is 719. The molecule has 2 aromatic carbocycles. The summed E-state index contributed by atoms with van der Waals surface area (Å²) in [5, 5.41) is 11.0. The standard InChI is InChI=1S/C15H15N5O/c1-20-15(17-18-19-20)21-14-8-6-13(7-9-14)12-4-2-11(10-16)3-5-12/h2-9H,10,16H2,1H3. The van der Waals surface area contributed by atoms with Gasteiger partial charge in [0.15, 0.2) is 0 Å². The number of nitrogens with zero attached hydrogens (tertiary/aromatic N) is 4. The van der Waals surface area contributed by atoms with Gasteiger partial charge in [-0.3, -0.25) is 0 Å². The van der Waals surface area contributed by atoms with Crippen molar-refractivity contribution in [2.45, 2.75) is 6.54 Å². The van der Waals surface area contributed by atoms with Crippen molar-refractivity contribution in [2.24, 2.45) is 12.8 Å². The summed E-state index contributed by atoms with van der Waals surface area (Å²) >= 11 is 0. The molecule has 0 aliphatic rings. The molecule has 0 saturated heterocycles. The van der Waals surface area contributed by atoms with E-state index in [1.54, 1.807) is 7.05 Å². The van der Waals surface area contributed by atoms with Crippen LogP contribution in [-0.2, 0) is 13.6 Å². The van der Waals surface area contributed by atoms with E-state index in [4.69, 9.17) is 10.5 Å². The first-order chi connectivity index (χ1) is 10.3. The lowest BCUT2D eigenvalue weighted by molar-refractivity contribution is 0.415. The Morgan fingerprint density at radius 3 is 2.14 bits per heavy atom. The number of aromatic nitrogens is 4. The van der Waals surface area contributed by atoms with Gasteiger partial charge in [-0.15, -0.1) is 0 Å². The summed E-state index contributed by atoms with van der Waals surface area (Å²) in [4.78, 5) is 0. The van der Waals surface area contributed by atoms with Crippen molar-refractivity contribution in [1.29, 1.82) is 0 Å². The van der Waals surface area contributed by atoms with Gasteiger partial charge in [0.2, 0.25) is 0 Å². The summed E-state index contributed by atoms with van der Waals surface area (Å²) in [5.74, 6) is 0.690. The molecule has 0 aliphatic heterocycles. The molecule has 0 atom stereocenters. The van der Waals surface area contributed by atoms with Gasteiger partial charge < -0.3 is 10.5 Å². The van der Waals surface area contributed by atoms with Crippen LogP contribution < -0.4 is 10.5 Å². The lowest BCUT2D eigenvalue weighted by Crippen LogP contribution is -1.96. The number of hydrogen-bond acceptors (Lipinski definition) is 5. The largest absolute Gasteiger partial charge is 0.423 e. The van der Waals surface area contributed by atoms with Crippen LogP contribution >= 0.6 is 0 Å². The van der Waals surface area contributed by atoms with Crippen molar-refractivity contribution >= 4 is 0 Å². The molecule has 0 unspecified atom stereocenters. The van der Waals surface area contributed by atoms with Crippen LogP contribution in [0, 0.1) is 0 Å². The molecule has 0 fully saturated rings. The highest BCUT2D eigenvalue weighted by Crippen LogP contribution is 2.24. The van der Waals surface area contributed by atoms with E-state index in [9.17, 15) is 0 Å². The fourth-order valence-electron chi connectivity index (χ4n) is 1.96. The number of benzene rings is 2. The maximum atomic E-state index is 5.60. The van der Waals surface area contributed by atoms with Crippen LogP contribution in [0.4, 0.5) is 0 Å². The van der Waals surface area contributed by atoms with Gasteiger partial charge in [-0.2, -0.15) is 4.68 Å². The molecular formula is C15H15N5O. The predicted octanol–water partition coefficient (Wildman–Crippen LogP) is 2.13. The molecule has 1 heterocycles. The molecule has 6 nitrogen and oxygen atoms in total. The molecule has 2 N–H and O–H groups in total. The summed E-state index contributed by atoms with van der Waals surface area (Å²) in [6.07, 6.45) is 0. The van der Waals surface area contributed by atoms with Crippen LogP contribution in [0.5, 0.6) is 11.8 Å². The molecule has 6 heteroatoms. The van der Waals surface area contributed by atoms with E-state index in [0.29, 0.717) is 18.3 Å². The maximum Gasteiger partial charge on any atom is 0.340 e. The fourth-order valence-corrected chi connectivity index (χ4v) is 1.96. The summed E-state index contributed by atoms with van der Waals surface area (Å²) in [6.45, 7) is 0.554. The minimum atomic E-state index is 0.357. The van der Waals surface area contributed by atoms with Gasteiger partial charge in [-0.1, -0.05) is 41.5 Å². The minimum Gasteiger partial charge on any atom is -0.423 e. The first-order valence-corrected chi connectivity index (χ1v) is 6.56. The van der Waals surface area contributed by atoms with Gasteiger partial charge in [-0.25, -0.2) is 0 Å². The van der Waals surface area contributed by atoms with E-state index in [1.807, 2.05) is 36.4 Å². The second-order valence-electron chi connectivity index (χ2n) is 4.61. The summed E-state index contributed by atoms with van der Waals surface area (Å²) in [6, 6.07) is 16.3. The Labute approximate surface area is 122 Å². The molecule has 3 aromatic rings. The van der Waals surface area contributed by atoms with Crippen LogP contribution in [0.2, 0.25) is 0 Å². The average molecular weight is 281 g/mol. The van der Waals surface area contributed by atoms with E-state index in [-0.39, 0.29) is 0 Å². The highest BCUT2D eigenvalue weighted by Gasteiger charge is 2.05. The molecule has 1 aromatic heterocycles. The molecule has 0 radical (unpaired) electrons. The summed E-state index contributed by atoms with van der Waals surface area (Å²) in [5.41, 5.74) is 8.97. The third-order valence-corrected chi connectivity index (χ3v) is 3.17. The van der Waals surface area contributed by atoms with E-state index in [2.05, 4.69) is 27.7 Å². The number of nitrogens with two attached hydrogens (primary N) is 1. The molecule has 0 spiro atoms. The Balaban J connectivity index is 1.78.